The second kappa shape index (κ2) is 53.7. The Morgan fingerprint density at radius 2 is 1.04 bits per heavy atom. The molecule has 33 heteroatoms. The Balaban J connectivity index is 0.00000125. The van der Waals surface area contributed by atoms with Crippen molar-refractivity contribution in [2.24, 2.45) is 11.7 Å². The summed E-state index contributed by atoms with van der Waals surface area (Å²) in [6.07, 6.45) is 7.28. The number of nitrogens with zero attached hydrogens (tertiary/aromatic N) is 4. The van der Waals surface area contributed by atoms with Crippen LogP contribution in [0.15, 0.2) is 115 Å². The van der Waals surface area contributed by atoms with Crippen molar-refractivity contribution < 1.29 is 72.3 Å². The van der Waals surface area contributed by atoms with Crippen LogP contribution in [0.2, 0.25) is 0 Å². The van der Waals surface area contributed by atoms with Crippen molar-refractivity contribution in [1.82, 2.24) is 41.2 Å². The van der Waals surface area contributed by atoms with E-state index < -0.39 is 23.1 Å². The molecule has 26 nitrogen and oxygen atoms in total. The summed E-state index contributed by atoms with van der Waals surface area (Å²) in [5, 5.41) is 12.5. The predicted molar refractivity (Wildman–Crippen MR) is 430 cm³/mol. The van der Waals surface area contributed by atoms with Gasteiger partial charge in [0.2, 0.25) is 0 Å². The van der Waals surface area contributed by atoms with Gasteiger partial charge in [0, 0.05) is 69.7 Å². The van der Waals surface area contributed by atoms with Gasteiger partial charge in [-0.25, -0.2) is 24.4 Å². The highest BCUT2D eigenvalue weighted by Gasteiger charge is 2.33. The number of carbonyl (C=O) groups is 8. The Kier molecular flexibility index (Phi) is 49.7. The molecular weight excluding hydrogens is 1520 g/mol. The zero-order valence-electron chi connectivity index (χ0n) is 63.3. The van der Waals surface area contributed by atoms with Crippen LogP contribution in [0.1, 0.15) is 189 Å². The highest BCUT2D eigenvalue weighted by atomic mass is 35.5. The van der Waals surface area contributed by atoms with Crippen molar-refractivity contribution in [3.05, 3.63) is 153 Å². The van der Waals surface area contributed by atoms with Gasteiger partial charge in [-0.2, -0.15) is 0 Å². The third-order valence-corrected chi connectivity index (χ3v) is 18.5. The Labute approximate surface area is 658 Å². The lowest BCUT2D eigenvalue weighted by Gasteiger charge is -2.33. The first-order valence-corrected chi connectivity index (χ1v) is 39.1. The van der Waals surface area contributed by atoms with Crippen LogP contribution in [0.25, 0.3) is 26.8 Å². The standard InChI is InChI=1S/C18H23N3O3S.C13H15N3OS.C13H23NO4.C9H11NO2S.C9H10O3S.C5H3ClOS.C4H8O2.C3H8.ClH.H3N.H2O/c1-18(2,3)24-17(23)21-8-4-6-12(11-21)16-19-13(10-15(22)20-16)14-7-5-9-25-14;17-12-7-10(11-4-2-6-18-11)15-13(16-12)9-3-1-5-14-8-9;1-5-17-11(15)10-7-6-8-14(9-10)12(16)18-13(2,3)4;2*1-2-12-9(11)6-7(10)8-4-3-5-13-8;6-5(7)4-2-1-3-8-4;1-3-6-4(2)5;1-3-2;;;/h5,7,9-10,12H,4,6,8,11H2,1-3H3,(H,19,20,22);2,4,6-7,9,14H,1,3,5,8H2,(H,15,16,17);10H,5-9H2,1-4H3;3-6H,2,10H2,1H3;3-5H,2,6H2,1H3;1-3H;3H2,1-2H3;3H2,1-2H3;1H;1H3;1H2/b;;;7-6-;;;;;;;. The maximum absolute atomic E-state index is 12.3. The van der Waals surface area contributed by atoms with E-state index in [9.17, 15) is 47.9 Å². The monoisotopic (exact) mass is 1620 g/mol. The fourth-order valence-corrected chi connectivity index (χ4v) is 12.9. The Bertz CT molecular complexity index is 3820. The molecule has 3 fully saturated rings. The lowest BCUT2D eigenvalue weighted by atomic mass is 9.97. The number of carbonyl (C=O) groups excluding carboxylic acids is 8. The zero-order chi connectivity index (χ0) is 77.2. The molecule has 0 aliphatic carbocycles. The highest BCUT2D eigenvalue weighted by Crippen LogP contribution is 2.29. The SMILES string of the molecule is CC(C)(C)OC(=O)N1CCCC(c2nc(-c3cccs3)cc(=O)[nH]2)C1.CCC.CCOC(=O)/C=C(\N)c1cccs1.CCOC(=O)C1CCCN(C(=O)OC(C)(C)C)C1.CCOC(=O)CC(=O)c1cccs1.CCOC(C)=O.Cl.N.O.O=C(Cl)c1cccs1.O=c1cc(-c2cccs2)nc(C2CCCNC2)[nH]1. The molecule has 7 aromatic rings. The van der Waals surface area contributed by atoms with E-state index in [1.54, 1.807) is 95.9 Å². The van der Waals surface area contributed by atoms with E-state index in [2.05, 4.69) is 48.6 Å². The van der Waals surface area contributed by atoms with Crippen molar-refractivity contribution in [1.29, 1.82) is 0 Å². The highest BCUT2D eigenvalue weighted by molar-refractivity contribution is 7.14. The molecule has 0 bridgehead atoms. The van der Waals surface area contributed by atoms with Gasteiger partial charge in [-0.3, -0.25) is 33.6 Å². The maximum atomic E-state index is 12.3. The van der Waals surface area contributed by atoms with Crippen LogP contribution in [-0.4, -0.2) is 159 Å². The molecule has 107 heavy (non-hydrogen) atoms. The molecular formula is C74H107Cl2N9O17S5. The van der Waals surface area contributed by atoms with Gasteiger partial charge in [0.05, 0.1) is 73.8 Å². The van der Waals surface area contributed by atoms with E-state index in [4.69, 9.17) is 36.3 Å². The third kappa shape index (κ3) is 40.7. The molecule has 0 radical (unpaired) electrons. The number of nitrogens with two attached hydrogens (primary N) is 1. The minimum atomic E-state index is -0.518. The average molecular weight is 1630 g/mol. The molecule has 0 saturated carbocycles. The van der Waals surface area contributed by atoms with E-state index >= 15 is 0 Å². The molecule has 3 aliphatic rings. The molecule has 3 saturated heterocycles. The van der Waals surface area contributed by atoms with Crippen molar-refractivity contribution in [3.8, 4) is 21.1 Å². The van der Waals surface area contributed by atoms with Crippen molar-refractivity contribution in [2.45, 2.75) is 164 Å². The molecule has 10 heterocycles. The van der Waals surface area contributed by atoms with Gasteiger partial charge in [0.25, 0.3) is 16.4 Å². The van der Waals surface area contributed by atoms with Crippen LogP contribution in [0.5, 0.6) is 0 Å². The zero-order valence-corrected chi connectivity index (χ0v) is 68.9. The van der Waals surface area contributed by atoms with Gasteiger partial charge in [0.15, 0.2) is 5.78 Å². The molecule has 2 amide bonds. The van der Waals surface area contributed by atoms with E-state index in [-0.39, 0.29) is 88.6 Å². The summed E-state index contributed by atoms with van der Waals surface area (Å²) in [4.78, 5) is 135. The van der Waals surface area contributed by atoms with Gasteiger partial charge >= 0.3 is 36.1 Å². The first kappa shape index (κ1) is 99.0. The summed E-state index contributed by atoms with van der Waals surface area (Å²) in [6.45, 7) is 29.5. The van der Waals surface area contributed by atoms with Gasteiger partial charge in [-0.15, -0.1) is 69.1 Å². The number of hydrogen-bond acceptors (Lipinski definition) is 26. The van der Waals surface area contributed by atoms with E-state index in [1.165, 1.54) is 59.5 Å². The molecule has 10 N–H and O–H groups in total. The molecule has 7 aromatic heterocycles. The number of aromatic amines is 2. The summed E-state index contributed by atoms with van der Waals surface area (Å²) in [6, 6.07) is 21.7. The number of aromatic nitrogens is 4. The smallest absolute Gasteiger partial charge is 0.410 e. The summed E-state index contributed by atoms with van der Waals surface area (Å²) in [7, 11) is 0. The quantitative estimate of drug-likeness (QED) is 0.0159. The van der Waals surface area contributed by atoms with Gasteiger partial charge in [-0.1, -0.05) is 50.6 Å². The van der Waals surface area contributed by atoms with Crippen LogP contribution in [0.3, 0.4) is 0 Å². The lowest BCUT2D eigenvalue weighted by molar-refractivity contribution is -0.149. The van der Waals surface area contributed by atoms with Crippen molar-refractivity contribution in [3.63, 3.8) is 0 Å². The fraction of sp³-hybridized carbons (Fsp3) is 0.486. The lowest BCUT2D eigenvalue weighted by Crippen LogP contribution is -2.45. The largest absolute Gasteiger partial charge is 0.466 e. The van der Waals surface area contributed by atoms with Crippen LogP contribution >= 0.6 is 80.7 Å². The number of H-pyrrole nitrogens is 2. The molecule has 3 atom stereocenters. The topological polar surface area (TPSA) is 394 Å². The second-order valence-electron chi connectivity index (χ2n) is 24.9. The van der Waals surface area contributed by atoms with Gasteiger partial charge < -0.3 is 70.9 Å². The average Bonchev–Trinajstić information content (AvgIpc) is 1.72. The van der Waals surface area contributed by atoms with Crippen molar-refractivity contribution in [2.75, 3.05) is 65.7 Å². The van der Waals surface area contributed by atoms with Crippen LogP contribution in [0.4, 0.5) is 9.59 Å². The maximum Gasteiger partial charge on any atom is 0.410 e. The van der Waals surface area contributed by atoms with Crippen molar-refractivity contribution >= 4 is 133 Å². The number of likely N-dealkylation sites (tertiary alicyclic amines) is 2. The summed E-state index contributed by atoms with van der Waals surface area (Å²) >= 11 is 12.5. The number of amides is 2. The Morgan fingerprint density at radius 1 is 0.598 bits per heavy atom. The number of thiophene rings is 5. The van der Waals surface area contributed by atoms with E-state index in [0.717, 1.165) is 77.8 Å². The number of Topliss-reactive ketones (excluding diaryl/α,β-unsaturated/α-hetero) is 1. The first-order chi connectivity index (χ1) is 49.4. The fourth-order valence-electron chi connectivity index (χ4n) is 9.43. The van der Waals surface area contributed by atoms with Crippen LogP contribution in [0, 0.1) is 5.92 Å². The number of piperidine rings is 3. The number of ether oxygens (including phenoxy) is 6. The third-order valence-electron chi connectivity index (χ3n) is 13.7. The Morgan fingerprint density at radius 3 is 1.44 bits per heavy atom. The molecule has 0 aromatic carbocycles. The van der Waals surface area contributed by atoms with Crippen LogP contribution < -0.4 is 28.3 Å². The normalized spacial score (nSPS) is 14.9. The molecule has 3 aliphatic heterocycles. The number of ketones is 1. The van der Waals surface area contributed by atoms with Crippen LogP contribution in [-0.2, 0) is 47.6 Å². The summed E-state index contributed by atoms with van der Waals surface area (Å²) in [5.41, 5.74) is 6.31. The van der Waals surface area contributed by atoms with Gasteiger partial charge in [0.1, 0.15) is 29.3 Å². The molecule has 594 valence electrons. The molecule has 0 spiro atoms. The molecule has 3 unspecified atom stereocenters. The number of hydrogen-bond donors (Lipinski definition) is 5. The summed E-state index contributed by atoms with van der Waals surface area (Å²) < 4.78 is 29.5. The van der Waals surface area contributed by atoms with E-state index in [0.29, 0.717) is 85.5 Å². The predicted octanol–water partition coefficient (Wildman–Crippen LogP) is 15.1. The van der Waals surface area contributed by atoms with Gasteiger partial charge in [-0.05, 0) is 183 Å². The minimum Gasteiger partial charge on any atom is -0.466 e. The second-order valence-corrected chi connectivity index (χ2v) is 30.0. The number of esters is 4. The summed E-state index contributed by atoms with van der Waals surface area (Å²) in [5.74, 6) is 0.125. The number of rotatable bonds is 15. The Hall–Kier alpha value is -7.98. The number of halogens is 2. The first-order valence-electron chi connectivity index (χ1n) is 34.3. The number of nitrogens with one attached hydrogen (secondary N) is 3. The molecule has 10 rings (SSSR count). The minimum absolute atomic E-state index is 0. The van der Waals surface area contributed by atoms with E-state index in [1.807, 2.05) is 99.5 Å².